The Hall–Kier alpha value is -0.130. The molecule has 0 aliphatic rings. The first-order valence-electron chi connectivity index (χ1n) is 5.74. The minimum absolute atomic E-state index is 0.576. The molecule has 0 heterocycles. The van der Waals surface area contributed by atoms with Crippen LogP contribution >= 0.6 is 22.6 Å². The number of nitrogens with one attached hydrogen (secondary N) is 1. The second kappa shape index (κ2) is 7.25. The summed E-state index contributed by atoms with van der Waals surface area (Å²) in [5.74, 6) is 0. The Kier molecular flexibility index (Phi) is 6.31. The summed E-state index contributed by atoms with van der Waals surface area (Å²) in [6, 6.07) is 9.31. The zero-order valence-corrected chi connectivity index (χ0v) is 12.5. The van der Waals surface area contributed by atoms with Gasteiger partial charge in [-0.3, -0.25) is 0 Å². The first-order chi connectivity index (χ1) is 7.58. The summed E-state index contributed by atoms with van der Waals surface area (Å²) in [7, 11) is 2.17. The molecule has 0 aromatic heterocycles. The van der Waals surface area contributed by atoms with Gasteiger partial charge in [0.25, 0.3) is 0 Å². The molecule has 16 heavy (non-hydrogen) atoms. The van der Waals surface area contributed by atoms with Gasteiger partial charge in [-0.2, -0.15) is 0 Å². The zero-order chi connectivity index (χ0) is 12.0. The lowest BCUT2D eigenvalue weighted by Crippen LogP contribution is -2.32. The SMILES string of the molecule is CC(C)NCCN(C)Cc1ccc(I)cc1. The van der Waals surface area contributed by atoms with E-state index in [0.29, 0.717) is 6.04 Å². The summed E-state index contributed by atoms with van der Waals surface area (Å²) in [4.78, 5) is 2.34. The van der Waals surface area contributed by atoms with Gasteiger partial charge in [0, 0.05) is 29.2 Å². The lowest BCUT2D eigenvalue weighted by Gasteiger charge is -2.18. The molecule has 0 bridgehead atoms. The van der Waals surface area contributed by atoms with Crippen molar-refractivity contribution in [3.8, 4) is 0 Å². The summed E-state index contributed by atoms with van der Waals surface area (Å²) in [6.45, 7) is 7.53. The van der Waals surface area contributed by atoms with E-state index >= 15 is 0 Å². The molecule has 0 saturated heterocycles. The standard InChI is InChI=1S/C13H21IN2/c1-11(2)15-8-9-16(3)10-12-4-6-13(14)7-5-12/h4-7,11,15H,8-10H2,1-3H3. The molecule has 0 amide bonds. The molecule has 2 nitrogen and oxygen atoms in total. The molecule has 0 radical (unpaired) electrons. The molecule has 0 aliphatic carbocycles. The summed E-state index contributed by atoms with van der Waals surface area (Å²) < 4.78 is 1.30. The summed E-state index contributed by atoms with van der Waals surface area (Å²) in [6.07, 6.45) is 0. The number of halogens is 1. The summed E-state index contributed by atoms with van der Waals surface area (Å²) >= 11 is 2.34. The number of hydrogen-bond acceptors (Lipinski definition) is 2. The third-order valence-corrected chi connectivity index (χ3v) is 3.13. The number of hydrogen-bond donors (Lipinski definition) is 1. The minimum atomic E-state index is 0.576. The van der Waals surface area contributed by atoms with Crippen molar-refractivity contribution in [2.45, 2.75) is 26.4 Å². The summed E-state index contributed by atoms with van der Waals surface area (Å²) in [5.41, 5.74) is 1.38. The van der Waals surface area contributed by atoms with Crippen molar-refractivity contribution in [2.75, 3.05) is 20.1 Å². The molecular weight excluding hydrogens is 311 g/mol. The predicted octanol–water partition coefficient (Wildman–Crippen LogP) is 2.72. The molecule has 0 saturated carbocycles. The second-order valence-corrected chi connectivity index (χ2v) is 5.72. The zero-order valence-electron chi connectivity index (χ0n) is 10.3. The largest absolute Gasteiger partial charge is 0.313 e. The monoisotopic (exact) mass is 332 g/mol. The third-order valence-electron chi connectivity index (χ3n) is 2.41. The van der Waals surface area contributed by atoms with Crippen LogP contribution in [0.5, 0.6) is 0 Å². The van der Waals surface area contributed by atoms with Gasteiger partial charge in [0.15, 0.2) is 0 Å². The Morgan fingerprint density at radius 3 is 2.44 bits per heavy atom. The van der Waals surface area contributed by atoms with Gasteiger partial charge in [-0.15, -0.1) is 0 Å². The fourth-order valence-corrected chi connectivity index (χ4v) is 1.88. The highest BCUT2D eigenvalue weighted by atomic mass is 127. The van der Waals surface area contributed by atoms with Gasteiger partial charge in [0.1, 0.15) is 0 Å². The first kappa shape index (κ1) is 13.9. The lowest BCUT2D eigenvalue weighted by molar-refractivity contribution is 0.320. The van der Waals surface area contributed by atoms with Crippen molar-refractivity contribution in [3.63, 3.8) is 0 Å². The van der Waals surface area contributed by atoms with Gasteiger partial charge in [-0.25, -0.2) is 0 Å². The van der Waals surface area contributed by atoms with Crippen LogP contribution in [-0.2, 0) is 6.54 Å². The molecule has 1 rings (SSSR count). The van der Waals surface area contributed by atoms with Gasteiger partial charge >= 0.3 is 0 Å². The Balaban J connectivity index is 2.28. The molecule has 1 aromatic carbocycles. The van der Waals surface area contributed by atoms with Gasteiger partial charge in [0.2, 0.25) is 0 Å². The molecule has 0 spiro atoms. The van der Waals surface area contributed by atoms with Gasteiger partial charge in [-0.05, 0) is 47.3 Å². The van der Waals surface area contributed by atoms with E-state index in [1.807, 2.05) is 0 Å². The predicted molar refractivity (Wildman–Crippen MR) is 78.6 cm³/mol. The maximum absolute atomic E-state index is 3.43. The first-order valence-corrected chi connectivity index (χ1v) is 6.82. The van der Waals surface area contributed by atoms with Crippen LogP contribution in [0.4, 0.5) is 0 Å². The van der Waals surface area contributed by atoms with Gasteiger partial charge < -0.3 is 10.2 Å². The fourth-order valence-electron chi connectivity index (χ4n) is 1.52. The van der Waals surface area contributed by atoms with Crippen LogP contribution in [0.25, 0.3) is 0 Å². The highest BCUT2D eigenvalue weighted by Crippen LogP contribution is 2.08. The number of rotatable bonds is 6. The van der Waals surface area contributed by atoms with E-state index < -0.39 is 0 Å². The van der Waals surface area contributed by atoms with Crippen molar-refractivity contribution in [1.29, 1.82) is 0 Å². The summed E-state index contributed by atoms with van der Waals surface area (Å²) in [5, 5.41) is 3.43. The normalized spacial score (nSPS) is 11.4. The number of benzene rings is 1. The second-order valence-electron chi connectivity index (χ2n) is 4.47. The average Bonchev–Trinajstić information content (AvgIpc) is 2.21. The van der Waals surface area contributed by atoms with Crippen molar-refractivity contribution >= 4 is 22.6 Å². The smallest absolute Gasteiger partial charge is 0.0231 e. The van der Waals surface area contributed by atoms with Crippen molar-refractivity contribution in [1.82, 2.24) is 10.2 Å². The lowest BCUT2D eigenvalue weighted by atomic mass is 10.2. The molecule has 90 valence electrons. The molecule has 3 heteroatoms. The maximum Gasteiger partial charge on any atom is 0.0231 e. The highest BCUT2D eigenvalue weighted by molar-refractivity contribution is 14.1. The Morgan fingerprint density at radius 1 is 1.25 bits per heavy atom. The highest BCUT2D eigenvalue weighted by Gasteiger charge is 2.00. The minimum Gasteiger partial charge on any atom is -0.313 e. The molecule has 1 N–H and O–H groups in total. The fraction of sp³-hybridized carbons (Fsp3) is 0.538. The molecular formula is C13H21IN2. The van der Waals surface area contributed by atoms with E-state index in [9.17, 15) is 0 Å². The van der Waals surface area contributed by atoms with Crippen molar-refractivity contribution < 1.29 is 0 Å². The Morgan fingerprint density at radius 2 is 1.88 bits per heavy atom. The molecule has 0 atom stereocenters. The van der Waals surface area contributed by atoms with Crippen LogP contribution < -0.4 is 5.32 Å². The van der Waals surface area contributed by atoms with E-state index in [1.54, 1.807) is 0 Å². The maximum atomic E-state index is 3.43. The number of nitrogens with zero attached hydrogens (tertiary/aromatic N) is 1. The Bertz CT molecular complexity index is 295. The van der Waals surface area contributed by atoms with Crippen LogP contribution in [-0.4, -0.2) is 31.1 Å². The molecule has 0 fully saturated rings. The van der Waals surface area contributed by atoms with Crippen LogP contribution in [0.1, 0.15) is 19.4 Å². The van der Waals surface area contributed by atoms with E-state index in [4.69, 9.17) is 0 Å². The van der Waals surface area contributed by atoms with Crippen molar-refractivity contribution in [3.05, 3.63) is 33.4 Å². The average molecular weight is 332 g/mol. The molecule has 0 unspecified atom stereocenters. The quantitative estimate of drug-likeness (QED) is 0.806. The third kappa shape index (κ3) is 5.82. The van der Waals surface area contributed by atoms with Crippen LogP contribution in [0.15, 0.2) is 24.3 Å². The number of likely N-dealkylation sites (N-methyl/N-ethyl adjacent to an activating group) is 1. The van der Waals surface area contributed by atoms with Gasteiger partial charge in [0.05, 0.1) is 0 Å². The van der Waals surface area contributed by atoms with Crippen LogP contribution in [0.3, 0.4) is 0 Å². The van der Waals surface area contributed by atoms with Crippen LogP contribution in [0.2, 0.25) is 0 Å². The Labute approximate surface area is 113 Å². The van der Waals surface area contributed by atoms with E-state index in [1.165, 1.54) is 9.13 Å². The van der Waals surface area contributed by atoms with Crippen molar-refractivity contribution in [2.24, 2.45) is 0 Å². The van der Waals surface area contributed by atoms with E-state index in [2.05, 4.69) is 78.0 Å². The van der Waals surface area contributed by atoms with E-state index in [0.717, 1.165) is 19.6 Å². The van der Waals surface area contributed by atoms with Crippen LogP contribution in [0, 0.1) is 3.57 Å². The van der Waals surface area contributed by atoms with E-state index in [-0.39, 0.29) is 0 Å². The topological polar surface area (TPSA) is 15.3 Å². The molecule has 1 aromatic rings. The molecule has 0 aliphatic heterocycles. The van der Waals surface area contributed by atoms with Gasteiger partial charge in [-0.1, -0.05) is 26.0 Å².